The first-order valence-electron chi connectivity index (χ1n) is 4.79. The molecule has 3 N–H and O–H groups in total. The van der Waals surface area contributed by atoms with E-state index in [1.807, 2.05) is 19.1 Å². The summed E-state index contributed by atoms with van der Waals surface area (Å²) in [5.74, 6) is 0.582. The van der Waals surface area contributed by atoms with Gasteiger partial charge in [0.2, 0.25) is 0 Å². The number of pyridine rings is 1. The van der Waals surface area contributed by atoms with Crippen molar-refractivity contribution in [3.63, 3.8) is 0 Å². The fourth-order valence-electron chi connectivity index (χ4n) is 1.15. The molecule has 0 aliphatic rings. The zero-order chi connectivity index (χ0) is 11.1. The maximum Gasteiger partial charge on any atom is 0.150 e. The van der Waals surface area contributed by atoms with Crippen molar-refractivity contribution in [1.29, 1.82) is 5.26 Å². The van der Waals surface area contributed by atoms with Gasteiger partial charge in [0.05, 0.1) is 11.3 Å². The van der Waals surface area contributed by atoms with E-state index in [2.05, 4.69) is 16.4 Å². The molecule has 0 radical (unpaired) electrons. The molecule has 15 heavy (non-hydrogen) atoms. The van der Waals surface area contributed by atoms with E-state index in [0.29, 0.717) is 17.1 Å². The van der Waals surface area contributed by atoms with E-state index in [0.717, 1.165) is 13.0 Å². The van der Waals surface area contributed by atoms with Crippen LogP contribution >= 0.6 is 0 Å². The smallest absolute Gasteiger partial charge is 0.150 e. The van der Waals surface area contributed by atoms with Crippen molar-refractivity contribution in [2.75, 3.05) is 17.6 Å². The lowest BCUT2D eigenvalue weighted by molar-refractivity contribution is 1.05. The van der Waals surface area contributed by atoms with E-state index in [1.165, 1.54) is 0 Å². The highest BCUT2D eigenvalue weighted by atomic mass is 15.0. The first-order chi connectivity index (χ1) is 7.29. The lowest BCUT2D eigenvalue weighted by Crippen LogP contribution is -2.06. The largest absolute Gasteiger partial charge is 0.395 e. The number of aromatic nitrogens is 1. The van der Waals surface area contributed by atoms with Crippen LogP contribution in [0.25, 0.3) is 0 Å². The summed E-state index contributed by atoms with van der Waals surface area (Å²) in [6, 6.07) is 3.62. The van der Waals surface area contributed by atoms with Gasteiger partial charge >= 0.3 is 0 Å². The van der Waals surface area contributed by atoms with Crippen LogP contribution in [0.15, 0.2) is 24.4 Å². The third kappa shape index (κ3) is 2.99. The normalized spacial score (nSPS) is 10.1. The van der Waals surface area contributed by atoms with Crippen molar-refractivity contribution in [2.45, 2.75) is 13.3 Å². The van der Waals surface area contributed by atoms with Crippen LogP contribution in [0.2, 0.25) is 0 Å². The highest BCUT2D eigenvalue weighted by Gasteiger charge is 2.03. The van der Waals surface area contributed by atoms with Crippen LogP contribution < -0.4 is 11.1 Å². The Morgan fingerprint density at radius 1 is 1.67 bits per heavy atom. The van der Waals surface area contributed by atoms with Crippen molar-refractivity contribution in [1.82, 2.24) is 4.98 Å². The highest BCUT2D eigenvalue weighted by molar-refractivity contribution is 5.68. The minimum Gasteiger partial charge on any atom is -0.395 e. The van der Waals surface area contributed by atoms with E-state index >= 15 is 0 Å². The number of hydrogen-bond acceptors (Lipinski definition) is 4. The number of nitriles is 1. The molecule has 0 spiro atoms. The monoisotopic (exact) mass is 202 g/mol. The van der Waals surface area contributed by atoms with E-state index < -0.39 is 0 Å². The van der Waals surface area contributed by atoms with E-state index in [9.17, 15) is 0 Å². The van der Waals surface area contributed by atoms with Crippen LogP contribution in [0.4, 0.5) is 11.5 Å². The average Bonchev–Trinajstić information content (AvgIpc) is 2.26. The molecular weight excluding hydrogens is 188 g/mol. The van der Waals surface area contributed by atoms with Gasteiger partial charge in [0.15, 0.2) is 5.82 Å². The van der Waals surface area contributed by atoms with Crippen LogP contribution in [0.5, 0.6) is 0 Å². The zero-order valence-corrected chi connectivity index (χ0v) is 8.70. The summed E-state index contributed by atoms with van der Waals surface area (Å²) in [5.41, 5.74) is 6.62. The minimum absolute atomic E-state index is 0.417. The summed E-state index contributed by atoms with van der Waals surface area (Å²) in [6.45, 7) is 2.74. The number of nitrogens with one attached hydrogen (secondary N) is 1. The maximum atomic E-state index is 8.76. The average molecular weight is 202 g/mol. The lowest BCUT2D eigenvalue weighted by Gasteiger charge is -2.07. The number of nitrogens with two attached hydrogens (primary N) is 1. The van der Waals surface area contributed by atoms with Gasteiger partial charge in [0, 0.05) is 12.7 Å². The van der Waals surface area contributed by atoms with Crippen molar-refractivity contribution >= 4 is 11.5 Å². The van der Waals surface area contributed by atoms with Gasteiger partial charge in [-0.2, -0.15) is 5.26 Å². The number of anilines is 2. The number of hydrogen-bond donors (Lipinski definition) is 2. The molecule has 4 nitrogen and oxygen atoms in total. The molecule has 4 heteroatoms. The van der Waals surface area contributed by atoms with Crippen molar-refractivity contribution in [3.05, 3.63) is 30.0 Å². The molecule has 0 atom stereocenters. The van der Waals surface area contributed by atoms with Gasteiger partial charge in [-0.25, -0.2) is 4.98 Å². The van der Waals surface area contributed by atoms with Gasteiger partial charge < -0.3 is 11.1 Å². The molecule has 78 valence electrons. The Labute approximate surface area is 89.4 Å². The highest BCUT2D eigenvalue weighted by Crippen LogP contribution is 2.18. The van der Waals surface area contributed by atoms with Crippen molar-refractivity contribution < 1.29 is 0 Å². The molecule has 0 aromatic carbocycles. The standard InChI is InChI=1S/C11H14N4/c1-2-3-4-6-14-11-10(13)9(8-12)5-7-15-11/h2-3,5,7H,4,6,13H2,1H3,(H,14,15)/b3-2+. The molecule has 0 saturated carbocycles. The van der Waals surface area contributed by atoms with Gasteiger partial charge in [-0.05, 0) is 19.4 Å². The molecule has 1 rings (SSSR count). The summed E-state index contributed by atoms with van der Waals surface area (Å²) in [5, 5.41) is 11.8. The van der Waals surface area contributed by atoms with Crippen LogP contribution in [0, 0.1) is 11.3 Å². The summed E-state index contributed by atoms with van der Waals surface area (Å²) in [4.78, 5) is 4.07. The van der Waals surface area contributed by atoms with E-state index in [4.69, 9.17) is 11.0 Å². The molecule has 0 unspecified atom stereocenters. The van der Waals surface area contributed by atoms with Crippen LogP contribution in [-0.4, -0.2) is 11.5 Å². The SMILES string of the molecule is C/C=C/CCNc1nccc(C#N)c1N. The van der Waals surface area contributed by atoms with E-state index in [1.54, 1.807) is 12.3 Å². The molecule has 1 aromatic rings. The third-order valence-corrected chi connectivity index (χ3v) is 1.95. The summed E-state index contributed by atoms with van der Waals surface area (Å²) in [7, 11) is 0. The molecule has 0 bridgehead atoms. The van der Waals surface area contributed by atoms with Crippen molar-refractivity contribution in [3.8, 4) is 6.07 Å². The summed E-state index contributed by atoms with van der Waals surface area (Å²) >= 11 is 0. The Morgan fingerprint density at radius 3 is 3.13 bits per heavy atom. The molecule has 1 heterocycles. The molecule has 0 fully saturated rings. The summed E-state index contributed by atoms with van der Waals surface area (Å²) in [6.07, 6.45) is 6.53. The van der Waals surface area contributed by atoms with Crippen LogP contribution in [0.1, 0.15) is 18.9 Å². The molecule has 0 aliphatic carbocycles. The second kappa shape index (κ2) is 5.66. The predicted molar refractivity (Wildman–Crippen MR) is 61.3 cm³/mol. The Bertz CT molecular complexity index is 390. The Hall–Kier alpha value is -2.02. The van der Waals surface area contributed by atoms with Crippen LogP contribution in [0.3, 0.4) is 0 Å². The zero-order valence-electron chi connectivity index (χ0n) is 8.70. The lowest BCUT2D eigenvalue weighted by atomic mass is 10.2. The predicted octanol–water partition coefficient (Wildman–Crippen LogP) is 1.91. The van der Waals surface area contributed by atoms with Crippen LogP contribution in [-0.2, 0) is 0 Å². The topological polar surface area (TPSA) is 74.7 Å². The molecule has 1 aromatic heterocycles. The fraction of sp³-hybridized carbons (Fsp3) is 0.273. The number of nitrogen functional groups attached to an aromatic ring is 1. The summed E-state index contributed by atoms with van der Waals surface area (Å²) < 4.78 is 0. The minimum atomic E-state index is 0.417. The van der Waals surface area contributed by atoms with Gasteiger partial charge in [-0.15, -0.1) is 0 Å². The van der Waals surface area contributed by atoms with Gasteiger partial charge in [0.1, 0.15) is 6.07 Å². The maximum absolute atomic E-state index is 8.76. The van der Waals surface area contributed by atoms with Gasteiger partial charge in [0.25, 0.3) is 0 Å². The van der Waals surface area contributed by atoms with Crippen molar-refractivity contribution in [2.24, 2.45) is 0 Å². The van der Waals surface area contributed by atoms with Gasteiger partial charge in [-0.3, -0.25) is 0 Å². The number of rotatable bonds is 4. The first-order valence-corrected chi connectivity index (χ1v) is 4.79. The molecule has 0 aliphatic heterocycles. The third-order valence-electron chi connectivity index (χ3n) is 1.95. The Balaban J connectivity index is 2.66. The molecule has 0 saturated heterocycles. The second-order valence-corrected chi connectivity index (χ2v) is 3.02. The fourth-order valence-corrected chi connectivity index (χ4v) is 1.15. The van der Waals surface area contributed by atoms with E-state index in [-0.39, 0.29) is 0 Å². The number of allylic oxidation sites excluding steroid dienone is 1. The molecular formula is C11H14N4. The first kappa shape index (κ1) is 11.1. The molecule has 0 amide bonds. The Morgan fingerprint density at radius 2 is 2.47 bits per heavy atom. The quantitative estimate of drug-likeness (QED) is 0.577. The van der Waals surface area contributed by atoms with Gasteiger partial charge in [-0.1, -0.05) is 12.2 Å². The number of nitrogens with zero attached hydrogens (tertiary/aromatic N) is 2. The Kier molecular flexibility index (Phi) is 4.17. The second-order valence-electron chi connectivity index (χ2n) is 3.02.